The molecule has 0 aromatic heterocycles. The number of anilines is 1. The highest BCUT2D eigenvalue weighted by atomic mass is 16.5. The molecule has 5 heteroatoms. The van der Waals surface area contributed by atoms with Crippen LogP contribution in [0.5, 0.6) is 11.5 Å². The van der Waals surface area contributed by atoms with Gasteiger partial charge in [-0.1, -0.05) is 31.0 Å². The fraction of sp³-hybridized carbons (Fsp3) is 0.517. The monoisotopic (exact) mass is 461 g/mol. The zero-order valence-electron chi connectivity index (χ0n) is 19.9. The molecule has 34 heavy (non-hydrogen) atoms. The van der Waals surface area contributed by atoms with Gasteiger partial charge in [-0.25, -0.2) is 0 Å². The highest BCUT2D eigenvalue weighted by Crippen LogP contribution is 2.39. The zero-order chi connectivity index (χ0) is 23.3. The minimum atomic E-state index is 0.0880. The molecule has 5 nitrogen and oxygen atoms in total. The van der Waals surface area contributed by atoms with Crippen molar-refractivity contribution in [1.82, 2.24) is 0 Å². The lowest BCUT2D eigenvalue weighted by atomic mass is 9.97. The van der Waals surface area contributed by atoms with Gasteiger partial charge in [0.25, 0.3) is 0 Å². The number of benzene rings is 2. The quantitative estimate of drug-likeness (QED) is 0.352. The summed E-state index contributed by atoms with van der Waals surface area (Å²) >= 11 is 0. The van der Waals surface area contributed by atoms with E-state index in [2.05, 4.69) is 18.2 Å². The number of carbonyl (C=O) groups excluding carboxylic acids is 2. The minimum Gasteiger partial charge on any atom is -0.487 e. The lowest BCUT2D eigenvalue weighted by Crippen LogP contribution is -2.24. The highest BCUT2D eigenvalue weighted by Gasteiger charge is 2.32. The lowest BCUT2D eigenvalue weighted by molar-refractivity contribution is -0.117. The van der Waals surface area contributed by atoms with Crippen molar-refractivity contribution in [2.45, 2.75) is 88.8 Å². The van der Waals surface area contributed by atoms with Crippen LogP contribution >= 0.6 is 0 Å². The van der Waals surface area contributed by atoms with Crippen LogP contribution in [0.2, 0.25) is 0 Å². The van der Waals surface area contributed by atoms with E-state index >= 15 is 0 Å². The van der Waals surface area contributed by atoms with Gasteiger partial charge in [0.05, 0.1) is 12.2 Å². The molecule has 180 valence electrons. The molecule has 3 aliphatic rings. The molecule has 1 saturated heterocycles. The molecular weight excluding hydrogens is 426 g/mol. The SMILES string of the molecule is O=Cc1cccc(N2C[C@@H](c3ccc(OC4CCCCCC4)c(OC4CCCC4)c3)CC2=O)c1. The van der Waals surface area contributed by atoms with E-state index in [0.717, 1.165) is 54.7 Å². The van der Waals surface area contributed by atoms with Crippen molar-refractivity contribution in [2.24, 2.45) is 0 Å². The topological polar surface area (TPSA) is 55.8 Å². The van der Waals surface area contributed by atoms with E-state index < -0.39 is 0 Å². The van der Waals surface area contributed by atoms with E-state index in [1.54, 1.807) is 17.0 Å². The van der Waals surface area contributed by atoms with Crippen LogP contribution in [0.15, 0.2) is 42.5 Å². The van der Waals surface area contributed by atoms with Gasteiger partial charge in [0.2, 0.25) is 5.91 Å². The molecule has 1 aliphatic heterocycles. The minimum absolute atomic E-state index is 0.0880. The van der Waals surface area contributed by atoms with Gasteiger partial charge in [0.1, 0.15) is 6.29 Å². The van der Waals surface area contributed by atoms with Gasteiger partial charge in [-0.15, -0.1) is 0 Å². The second-order valence-electron chi connectivity index (χ2n) is 10.1. The van der Waals surface area contributed by atoms with Crippen LogP contribution in [0.1, 0.15) is 92.5 Å². The fourth-order valence-corrected chi connectivity index (χ4v) is 5.64. The molecule has 0 radical (unpaired) electrons. The number of hydrogen-bond acceptors (Lipinski definition) is 4. The Bertz CT molecular complexity index is 1000. The highest BCUT2D eigenvalue weighted by molar-refractivity contribution is 5.97. The summed E-state index contributed by atoms with van der Waals surface area (Å²) in [6.07, 6.45) is 13.7. The van der Waals surface area contributed by atoms with Crippen LogP contribution < -0.4 is 14.4 Å². The first-order valence-corrected chi connectivity index (χ1v) is 13.0. The molecule has 0 N–H and O–H groups in total. The van der Waals surface area contributed by atoms with Crippen molar-refractivity contribution >= 4 is 17.9 Å². The number of aldehydes is 1. The molecule has 1 heterocycles. The van der Waals surface area contributed by atoms with Crippen molar-refractivity contribution in [2.75, 3.05) is 11.4 Å². The smallest absolute Gasteiger partial charge is 0.227 e. The standard InChI is InChI=1S/C29H35NO4/c31-20-21-8-7-9-24(16-21)30-19-23(18-29(30)32)22-14-15-27(33-25-10-3-1-2-4-11-25)28(17-22)34-26-12-5-6-13-26/h7-9,14-17,20,23,25-26H,1-6,10-13,18-19H2/t23-/m0/s1. The van der Waals surface area contributed by atoms with E-state index in [1.807, 2.05) is 12.1 Å². The first-order valence-electron chi connectivity index (χ1n) is 13.0. The summed E-state index contributed by atoms with van der Waals surface area (Å²) in [5.41, 5.74) is 2.48. The van der Waals surface area contributed by atoms with Crippen LogP contribution in [-0.4, -0.2) is 30.9 Å². The Balaban J connectivity index is 1.36. The van der Waals surface area contributed by atoms with Crippen LogP contribution in [0.4, 0.5) is 5.69 Å². The summed E-state index contributed by atoms with van der Waals surface area (Å²) in [5.74, 6) is 1.86. The van der Waals surface area contributed by atoms with Crippen molar-refractivity contribution in [1.29, 1.82) is 0 Å². The average Bonchev–Trinajstić information content (AvgIpc) is 3.43. The Labute approximate surface area is 202 Å². The third-order valence-electron chi connectivity index (χ3n) is 7.57. The molecule has 2 aromatic carbocycles. The van der Waals surface area contributed by atoms with Crippen LogP contribution in [0.25, 0.3) is 0 Å². The molecule has 2 aliphatic carbocycles. The molecular formula is C29H35NO4. The Morgan fingerprint density at radius 2 is 1.47 bits per heavy atom. The van der Waals surface area contributed by atoms with Crippen molar-refractivity contribution in [3.63, 3.8) is 0 Å². The van der Waals surface area contributed by atoms with E-state index in [1.165, 1.54) is 38.5 Å². The number of nitrogens with zero attached hydrogens (tertiary/aromatic N) is 1. The van der Waals surface area contributed by atoms with Gasteiger partial charge in [0.15, 0.2) is 11.5 Å². The lowest BCUT2D eigenvalue weighted by Gasteiger charge is -2.23. The number of carbonyl (C=O) groups is 2. The summed E-state index contributed by atoms with van der Waals surface area (Å²) in [5, 5.41) is 0. The average molecular weight is 462 g/mol. The summed E-state index contributed by atoms with van der Waals surface area (Å²) in [6.45, 7) is 0.604. The number of amides is 1. The largest absolute Gasteiger partial charge is 0.487 e. The molecule has 5 rings (SSSR count). The first kappa shape index (κ1) is 22.9. The van der Waals surface area contributed by atoms with Gasteiger partial charge >= 0.3 is 0 Å². The van der Waals surface area contributed by atoms with Gasteiger partial charge < -0.3 is 14.4 Å². The zero-order valence-corrected chi connectivity index (χ0v) is 19.9. The van der Waals surface area contributed by atoms with Gasteiger partial charge in [-0.2, -0.15) is 0 Å². The summed E-state index contributed by atoms with van der Waals surface area (Å²) < 4.78 is 13.0. The van der Waals surface area contributed by atoms with Crippen LogP contribution in [0.3, 0.4) is 0 Å². The Morgan fingerprint density at radius 3 is 2.18 bits per heavy atom. The van der Waals surface area contributed by atoms with Crippen LogP contribution in [-0.2, 0) is 4.79 Å². The van der Waals surface area contributed by atoms with E-state index in [-0.39, 0.29) is 24.0 Å². The van der Waals surface area contributed by atoms with Crippen molar-refractivity contribution in [3.8, 4) is 11.5 Å². The summed E-state index contributed by atoms with van der Waals surface area (Å²) in [6, 6.07) is 13.5. The Kier molecular flexibility index (Phi) is 7.17. The maximum atomic E-state index is 12.9. The van der Waals surface area contributed by atoms with Crippen LogP contribution in [0, 0.1) is 0 Å². The molecule has 2 aromatic rings. The second-order valence-corrected chi connectivity index (χ2v) is 10.1. The van der Waals surface area contributed by atoms with E-state index in [9.17, 15) is 9.59 Å². The predicted octanol–water partition coefficient (Wildman–Crippen LogP) is 6.44. The van der Waals surface area contributed by atoms with Gasteiger partial charge in [-0.3, -0.25) is 9.59 Å². The first-order chi connectivity index (χ1) is 16.7. The van der Waals surface area contributed by atoms with E-state index in [4.69, 9.17) is 9.47 Å². The van der Waals surface area contributed by atoms with Crippen molar-refractivity contribution < 1.29 is 19.1 Å². The van der Waals surface area contributed by atoms with Gasteiger partial charge in [0, 0.05) is 30.1 Å². The third-order valence-corrected chi connectivity index (χ3v) is 7.57. The Hall–Kier alpha value is -2.82. The van der Waals surface area contributed by atoms with Crippen molar-refractivity contribution in [3.05, 3.63) is 53.6 Å². The molecule has 0 spiro atoms. The summed E-state index contributed by atoms with van der Waals surface area (Å²) in [4.78, 5) is 25.8. The molecule has 0 bridgehead atoms. The molecule has 3 fully saturated rings. The van der Waals surface area contributed by atoms with E-state index in [0.29, 0.717) is 18.5 Å². The molecule has 1 atom stereocenters. The number of ether oxygens (including phenoxy) is 2. The third kappa shape index (κ3) is 5.29. The maximum Gasteiger partial charge on any atom is 0.227 e. The fourth-order valence-electron chi connectivity index (χ4n) is 5.64. The normalized spacial score (nSPS) is 22.1. The molecule has 0 unspecified atom stereocenters. The number of rotatable bonds is 7. The molecule has 1 amide bonds. The summed E-state index contributed by atoms with van der Waals surface area (Å²) in [7, 11) is 0. The Morgan fingerprint density at radius 1 is 0.794 bits per heavy atom. The molecule has 2 saturated carbocycles. The predicted molar refractivity (Wildman–Crippen MR) is 133 cm³/mol. The van der Waals surface area contributed by atoms with Gasteiger partial charge in [-0.05, 0) is 81.2 Å². The maximum absolute atomic E-state index is 12.9. The second kappa shape index (κ2) is 10.6. The number of hydrogen-bond donors (Lipinski definition) is 0.